The molecule has 0 aromatic heterocycles. The van der Waals surface area contributed by atoms with Gasteiger partial charge in [0.15, 0.2) is 0 Å². The Kier molecular flexibility index (Phi) is 10.1. The van der Waals surface area contributed by atoms with Crippen molar-refractivity contribution < 1.29 is 45.6 Å². The van der Waals surface area contributed by atoms with E-state index in [0.717, 1.165) is 12.0 Å². The zero-order valence-electron chi connectivity index (χ0n) is 14.7. The van der Waals surface area contributed by atoms with Gasteiger partial charge >= 0.3 is 35.5 Å². The zero-order chi connectivity index (χ0) is 14.9. The van der Waals surface area contributed by atoms with Crippen molar-refractivity contribution in [3.63, 3.8) is 0 Å². The number of carbonyl (C=O) groups excluding carboxylic acids is 1. The summed E-state index contributed by atoms with van der Waals surface area (Å²) in [6.07, 6.45) is 7.69. The van der Waals surface area contributed by atoms with Crippen molar-refractivity contribution in [3.8, 4) is 0 Å². The number of hydrogen-bond donors (Lipinski definition) is 1. The van der Waals surface area contributed by atoms with Crippen molar-refractivity contribution in [2.75, 3.05) is 6.61 Å². The summed E-state index contributed by atoms with van der Waals surface area (Å²) in [6, 6.07) is 9.74. The van der Waals surface area contributed by atoms with E-state index in [2.05, 4.69) is 0 Å². The second-order valence-electron chi connectivity index (χ2n) is 6.04. The van der Waals surface area contributed by atoms with Gasteiger partial charge in [0.1, 0.15) is 6.61 Å². The second-order valence-corrected chi connectivity index (χ2v) is 6.04. The Hall–Kier alpha value is -0.350. The van der Waals surface area contributed by atoms with Crippen molar-refractivity contribution in [1.29, 1.82) is 0 Å². The summed E-state index contributed by atoms with van der Waals surface area (Å²) in [5.74, 6) is 0.319. The number of hydrogen-bond acceptors (Lipinski definition) is 3. The third kappa shape index (κ3) is 6.82. The molecular formula is C18H27NaO3. The molecule has 0 spiro atoms. The molecule has 1 unspecified atom stereocenters. The summed E-state index contributed by atoms with van der Waals surface area (Å²) in [7, 11) is 0. The van der Waals surface area contributed by atoms with E-state index in [1.165, 1.54) is 32.1 Å². The molecule has 1 saturated carbocycles. The first kappa shape index (κ1) is 19.7. The summed E-state index contributed by atoms with van der Waals surface area (Å²) in [5.41, 5.74) is 1.01. The van der Waals surface area contributed by atoms with Crippen LogP contribution in [0.4, 0.5) is 0 Å². The molecule has 1 aliphatic carbocycles. The fraction of sp³-hybridized carbons (Fsp3) is 0.611. The Balaban J connectivity index is 0.00000242. The summed E-state index contributed by atoms with van der Waals surface area (Å²) >= 11 is 0. The van der Waals surface area contributed by atoms with Crippen LogP contribution < -0.4 is 29.6 Å². The van der Waals surface area contributed by atoms with Gasteiger partial charge in [-0.15, -0.1) is 0 Å². The molecule has 0 radical (unpaired) electrons. The number of esters is 1. The maximum atomic E-state index is 12.2. The number of benzene rings is 1. The molecule has 22 heavy (non-hydrogen) atoms. The fourth-order valence-electron chi connectivity index (χ4n) is 3.16. The Morgan fingerprint density at radius 3 is 2.55 bits per heavy atom. The van der Waals surface area contributed by atoms with Crippen LogP contribution in [0, 0.1) is 11.8 Å². The molecule has 0 bridgehead atoms. The average Bonchev–Trinajstić information content (AvgIpc) is 2.54. The van der Waals surface area contributed by atoms with E-state index in [4.69, 9.17) is 4.74 Å². The molecule has 0 aliphatic heterocycles. The fourth-order valence-corrected chi connectivity index (χ4v) is 3.16. The van der Waals surface area contributed by atoms with Gasteiger partial charge in [-0.1, -0.05) is 62.4 Å². The van der Waals surface area contributed by atoms with Crippen LogP contribution in [-0.4, -0.2) is 17.7 Å². The first-order valence-electron chi connectivity index (χ1n) is 8.11. The molecule has 1 fully saturated rings. The smallest absolute Gasteiger partial charge is 1.00 e. The minimum atomic E-state index is -0.154. The molecule has 0 heterocycles. The van der Waals surface area contributed by atoms with Crippen LogP contribution in [0.3, 0.4) is 0 Å². The van der Waals surface area contributed by atoms with Gasteiger partial charge in [0.2, 0.25) is 0 Å². The number of aliphatic hydroxyl groups excluding tert-OH is 1. The van der Waals surface area contributed by atoms with Crippen molar-refractivity contribution in [3.05, 3.63) is 35.9 Å². The van der Waals surface area contributed by atoms with Gasteiger partial charge in [-0.3, -0.25) is 4.79 Å². The minimum Gasteiger partial charge on any atom is -1.00 e. The molecule has 1 aromatic carbocycles. The van der Waals surface area contributed by atoms with Crippen molar-refractivity contribution in [2.24, 2.45) is 11.8 Å². The summed E-state index contributed by atoms with van der Waals surface area (Å²) in [4.78, 5) is 12.2. The van der Waals surface area contributed by atoms with E-state index in [0.29, 0.717) is 18.9 Å². The normalized spacial score (nSPS) is 16.6. The topological polar surface area (TPSA) is 46.5 Å². The third-order valence-electron chi connectivity index (χ3n) is 4.38. The summed E-state index contributed by atoms with van der Waals surface area (Å²) in [5, 5.41) is 9.19. The molecule has 3 nitrogen and oxygen atoms in total. The molecular weight excluding hydrogens is 287 g/mol. The van der Waals surface area contributed by atoms with Crippen LogP contribution in [0.2, 0.25) is 0 Å². The van der Waals surface area contributed by atoms with Gasteiger partial charge in [0, 0.05) is 6.61 Å². The molecule has 1 aromatic rings. The van der Waals surface area contributed by atoms with E-state index in [1.807, 2.05) is 30.3 Å². The molecule has 1 aliphatic rings. The molecule has 4 heteroatoms. The van der Waals surface area contributed by atoms with Crippen LogP contribution >= 0.6 is 0 Å². The monoisotopic (exact) mass is 314 g/mol. The van der Waals surface area contributed by atoms with Gasteiger partial charge in [-0.25, -0.2) is 0 Å². The largest absolute Gasteiger partial charge is 1.00 e. The number of aliphatic hydroxyl groups is 1. The van der Waals surface area contributed by atoms with Gasteiger partial charge in [0.25, 0.3) is 0 Å². The van der Waals surface area contributed by atoms with Crippen LogP contribution in [0.15, 0.2) is 30.3 Å². The number of rotatable bonds is 7. The number of ether oxygens (including phenoxy) is 1. The van der Waals surface area contributed by atoms with E-state index in [9.17, 15) is 9.90 Å². The Morgan fingerprint density at radius 1 is 1.23 bits per heavy atom. The van der Waals surface area contributed by atoms with E-state index in [1.54, 1.807) is 0 Å². The summed E-state index contributed by atoms with van der Waals surface area (Å²) in [6.45, 7) is 0.379. The minimum absolute atomic E-state index is 0. The Bertz CT molecular complexity index is 422. The van der Waals surface area contributed by atoms with Crippen LogP contribution in [-0.2, 0) is 16.1 Å². The predicted octanol–water partition coefficient (Wildman–Crippen LogP) is 0.815. The van der Waals surface area contributed by atoms with Gasteiger partial charge in [0.05, 0.1) is 5.92 Å². The average molecular weight is 314 g/mol. The van der Waals surface area contributed by atoms with Gasteiger partial charge in [-0.05, 0) is 24.3 Å². The van der Waals surface area contributed by atoms with Crippen molar-refractivity contribution >= 4 is 5.97 Å². The molecule has 2 rings (SSSR count). The van der Waals surface area contributed by atoms with Crippen LogP contribution in [0.1, 0.15) is 51.9 Å². The standard InChI is InChI=1S/C18H26O3.Na.H/c19-12-11-17(13-15-7-3-1-4-8-15)18(20)21-14-16-9-5-2-6-10-16;;/h2,5-6,9-10,15,17,19H,1,3-4,7-8,11-14H2;;/q;+1;-1. The first-order chi connectivity index (χ1) is 10.3. The van der Waals surface area contributed by atoms with Gasteiger partial charge in [-0.2, -0.15) is 0 Å². The predicted molar refractivity (Wildman–Crippen MR) is 83.7 cm³/mol. The quantitative estimate of drug-likeness (QED) is 0.599. The first-order valence-corrected chi connectivity index (χ1v) is 8.11. The van der Waals surface area contributed by atoms with Crippen LogP contribution in [0.5, 0.6) is 0 Å². The Labute approximate surface area is 157 Å². The SMILES string of the molecule is O=C(OCc1ccccc1)C(CCO)CC1CCCCC1.[H-].[Na+]. The third-order valence-corrected chi connectivity index (χ3v) is 4.38. The number of carbonyl (C=O) groups is 1. The molecule has 1 N–H and O–H groups in total. The van der Waals surface area contributed by atoms with E-state index in [-0.39, 0.29) is 49.5 Å². The van der Waals surface area contributed by atoms with Gasteiger partial charge < -0.3 is 11.3 Å². The maximum Gasteiger partial charge on any atom is 1.00 e. The molecule has 0 amide bonds. The second kappa shape index (κ2) is 11.2. The maximum absolute atomic E-state index is 12.2. The Morgan fingerprint density at radius 2 is 1.91 bits per heavy atom. The van der Waals surface area contributed by atoms with E-state index >= 15 is 0 Å². The van der Waals surface area contributed by atoms with E-state index < -0.39 is 0 Å². The zero-order valence-corrected chi connectivity index (χ0v) is 15.7. The summed E-state index contributed by atoms with van der Waals surface area (Å²) < 4.78 is 5.43. The van der Waals surface area contributed by atoms with Crippen molar-refractivity contribution in [2.45, 2.75) is 51.6 Å². The molecule has 118 valence electrons. The molecule has 1 atom stereocenters. The van der Waals surface area contributed by atoms with Crippen LogP contribution in [0.25, 0.3) is 0 Å². The van der Waals surface area contributed by atoms with Crippen molar-refractivity contribution in [1.82, 2.24) is 0 Å². The molecule has 0 saturated heterocycles.